The van der Waals surface area contributed by atoms with Gasteiger partial charge in [0.05, 0.1) is 34.7 Å². The molecule has 1 saturated heterocycles. The molecule has 7 atom stereocenters. The Balaban J connectivity index is 0.978. The maximum atomic E-state index is 14.2. The molecular formula is C40H33N3O7S2. The molecular weight excluding hydrogens is 699 g/mol. The summed E-state index contributed by atoms with van der Waals surface area (Å²) in [5.41, 5.74) is 2.45. The maximum Gasteiger partial charge on any atom is 0.338 e. The highest BCUT2D eigenvalue weighted by Crippen LogP contribution is 2.68. The molecule has 0 radical (unpaired) electrons. The number of aromatic nitrogens is 1. The minimum atomic E-state index is -0.471. The standard InChI is InChI=1S/C40H33N3O7S2/c1-2-49-39(47)21-13-15-23(16-14-21)43-37(45)32-26-18-27(33(32)38(43)46)34-31(26)30(35-36(51-34)42-40(48)52-35)22-9-5-10-24(17-22)50-19-29(44)41-28-12-6-8-20-7-3-4-11-25(20)28/h3-17,26-27,30-34H,2,18-19H2,1H3,(H,41,44)(H,42,48)/t26-,27-,30-,31?,32?,33?,34?/m1/s1. The summed E-state index contributed by atoms with van der Waals surface area (Å²) in [4.78, 5) is 71.3. The normalized spacial score (nSPS) is 25.5. The van der Waals surface area contributed by atoms with Crippen molar-refractivity contribution >= 4 is 68.9 Å². The number of anilines is 2. The number of hydrogen-bond donors (Lipinski definition) is 2. The molecule has 0 spiro atoms. The number of rotatable bonds is 8. The topological polar surface area (TPSA) is 135 Å². The molecule has 12 heteroatoms. The summed E-state index contributed by atoms with van der Waals surface area (Å²) < 4.78 is 11.1. The number of amides is 3. The number of carbonyl (C=O) groups excluding carboxylic acids is 4. The average Bonchev–Trinajstić information content (AvgIpc) is 3.90. The molecule has 1 aromatic heterocycles. The molecule has 2 N–H and O–H groups in total. The number of nitrogens with one attached hydrogen (secondary N) is 2. The lowest BCUT2D eigenvalue weighted by molar-refractivity contribution is -0.123. The lowest BCUT2D eigenvalue weighted by atomic mass is 9.68. The molecule has 2 aliphatic carbocycles. The fourth-order valence-electron chi connectivity index (χ4n) is 9.07. The van der Waals surface area contributed by atoms with Crippen molar-refractivity contribution in [1.29, 1.82) is 0 Å². The largest absolute Gasteiger partial charge is 0.484 e. The molecule has 2 aliphatic heterocycles. The lowest BCUT2D eigenvalue weighted by Crippen LogP contribution is -2.42. The van der Waals surface area contributed by atoms with Crippen molar-refractivity contribution < 1.29 is 28.7 Å². The highest BCUT2D eigenvalue weighted by molar-refractivity contribution is 8.00. The van der Waals surface area contributed by atoms with Gasteiger partial charge in [0.15, 0.2) is 6.61 Å². The summed E-state index contributed by atoms with van der Waals surface area (Å²) >= 11 is 2.82. The van der Waals surface area contributed by atoms with Crippen LogP contribution < -0.4 is 19.8 Å². The van der Waals surface area contributed by atoms with Gasteiger partial charge in [0.25, 0.3) is 5.91 Å². The molecule has 5 aromatic rings. The molecule has 9 rings (SSSR count). The molecule has 3 fully saturated rings. The van der Waals surface area contributed by atoms with Gasteiger partial charge in [-0.15, -0.1) is 11.8 Å². The van der Waals surface area contributed by atoms with Crippen LogP contribution in [0.15, 0.2) is 101 Å². The number of imide groups is 1. The fraction of sp³-hybridized carbons (Fsp3) is 0.275. The number of H-pyrrole nitrogens is 1. The second kappa shape index (κ2) is 12.8. The summed E-state index contributed by atoms with van der Waals surface area (Å²) in [6.07, 6.45) is 0.755. The van der Waals surface area contributed by atoms with E-state index in [0.717, 1.165) is 32.7 Å². The van der Waals surface area contributed by atoms with Gasteiger partial charge in [-0.25, -0.2) is 4.79 Å². The van der Waals surface area contributed by atoms with E-state index < -0.39 is 17.8 Å². The molecule has 4 aromatic carbocycles. The highest BCUT2D eigenvalue weighted by atomic mass is 32.2. The SMILES string of the molecule is CCOC(=O)c1ccc(N2C(=O)C3C(C2=O)[C@@H]2C[C@H]3C3Sc4[nH]c(=O)sc4[C@H](c4cccc(OCC(=O)Nc5cccc6ccccc56)c4)C32)cc1. The fourth-order valence-corrected chi connectivity index (χ4v) is 12.0. The number of esters is 1. The number of hydrogen-bond acceptors (Lipinski definition) is 9. The summed E-state index contributed by atoms with van der Waals surface area (Å²) in [6.45, 7) is 1.79. The third kappa shape index (κ3) is 5.26. The molecule has 262 valence electrons. The Morgan fingerprint density at radius 2 is 1.65 bits per heavy atom. The second-order valence-electron chi connectivity index (χ2n) is 13.7. The van der Waals surface area contributed by atoms with E-state index in [-0.39, 0.29) is 64.7 Å². The Hall–Kier alpha value is -5.20. The van der Waals surface area contributed by atoms with Crippen molar-refractivity contribution in [2.75, 3.05) is 23.4 Å². The number of carbonyl (C=O) groups is 4. The molecule has 52 heavy (non-hydrogen) atoms. The average molecular weight is 732 g/mol. The van der Waals surface area contributed by atoms with Gasteiger partial charge >= 0.3 is 10.8 Å². The van der Waals surface area contributed by atoms with E-state index in [1.807, 2.05) is 66.7 Å². The number of ether oxygens (including phenoxy) is 2. The number of nitrogens with zero attached hydrogens (tertiary/aromatic N) is 1. The predicted molar refractivity (Wildman–Crippen MR) is 198 cm³/mol. The number of fused-ring (bicyclic) bond motifs is 10. The van der Waals surface area contributed by atoms with Gasteiger partial charge in [-0.05, 0) is 84.5 Å². The van der Waals surface area contributed by atoms with Crippen LogP contribution in [-0.4, -0.2) is 47.1 Å². The Morgan fingerprint density at radius 1 is 0.904 bits per heavy atom. The van der Waals surface area contributed by atoms with Gasteiger partial charge in [-0.1, -0.05) is 59.9 Å². The van der Waals surface area contributed by atoms with E-state index in [1.54, 1.807) is 43.0 Å². The van der Waals surface area contributed by atoms with Crippen LogP contribution in [0, 0.1) is 29.6 Å². The van der Waals surface area contributed by atoms with E-state index in [4.69, 9.17) is 9.47 Å². The lowest BCUT2D eigenvalue weighted by Gasteiger charge is -2.43. The summed E-state index contributed by atoms with van der Waals surface area (Å²) in [5, 5.41) is 5.77. The number of thioether (sulfide) groups is 1. The smallest absolute Gasteiger partial charge is 0.338 e. The van der Waals surface area contributed by atoms with Crippen molar-refractivity contribution in [3.8, 4) is 5.75 Å². The van der Waals surface area contributed by atoms with Crippen molar-refractivity contribution in [2.45, 2.75) is 29.5 Å². The van der Waals surface area contributed by atoms with Gasteiger partial charge < -0.3 is 19.8 Å². The van der Waals surface area contributed by atoms with Gasteiger partial charge in [0.1, 0.15) is 5.75 Å². The van der Waals surface area contributed by atoms with Crippen LogP contribution in [0.4, 0.5) is 11.4 Å². The predicted octanol–water partition coefficient (Wildman–Crippen LogP) is 6.46. The van der Waals surface area contributed by atoms with Gasteiger partial charge in [0.2, 0.25) is 11.8 Å². The van der Waals surface area contributed by atoms with E-state index in [2.05, 4.69) is 10.3 Å². The van der Waals surface area contributed by atoms with E-state index in [9.17, 15) is 24.0 Å². The third-order valence-electron chi connectivity index (χ3n) is 11.0. The van der Waals surface area contributed by atoms with E-state index in [1.165, 1.54) is 16.2 Å². The van der Waals surface area contributed by atoms with Crippen LogP contribution in [0.3, 0.4) is 0 Å². The monoisotopic (exact) mass is 731 g/mol. The Kier molecular flexibility index (Phi) is 8.04. The molecule has 2 saturated carbocycles. The van der Waals surface area contributed by atoms with Crippen LogP contribution in [-0.2, 0) is 19.1 Å². The Morgan fingerprint density at radius 3 is 2.46 bits per heavy atom. The minimum absolute atomic E-state index is 0.00278. The minimum Gasteiger partial charge on any atom is -0.484 e. The zero-order chi connectivity index (χ0) is 35.7. The van der Waals surface area contributed by atoms with E-state index >= 15 is 0 Å². The van der Waals surface area contributed by atoms with Crippen molar-refractivity contribution in [3.63, 3.8) is 0 Å². The summed E-state index contributed by atoms with van der Waals surface area (Å²) in [6, 6.07) is 27.7. The second-order valence-corrected chi connectivity index (χ2v) is 15.9. The quantitative estimate of drug-likeness (QED) is 0.137. The highest BCUT2D eigenvalue weighted by Gasteiger charge is 2.69. The van der Waals surface area contributed by atoms with Crippen LogP contribution in [0.5, 0.6) is 5.75 Å². The van der Waals surface area contributed by atoms with Gasteiger partial charge in [0, 0.05) is 27.1 Å². The van der Waals surface area contributed by atoms with Gasteiger partial charge in [-0.3, -0.25) is 24.1 Å². The first-order valence-corrected chi connectivity index (χ1v) is 19.1. The molecule has 10 nitrogen and oxygen atoms in total. The van der Waals surface area contributed by atoms with Crippen LogP contribution >= 0.6 is 23.1 Å². The molecule has 2 bridgehead atoms. The van der Waals surface area contributed by atoms with Crippen LogP contribution in [0.2, 0.25) is 0 Å². The van der Waals surface area contributed by atoms with Crippen molar-refractivity contribution in [1.82, 2.24) is 4.98 Å². The van der Waals surface area contributed by atoms with Crippen molar-refractivity contribution in [2.24, 2.45) is 29.6 Å². The number of thiazole rings is 1. The zero-order valence-electron chi connectivity index (χ0n) is 27.9. The van der Waals surface area contributed by atoms with Gasteiger partial charge in [-0.2, -0.15) is 0 Å². The third-order valence-corrected chi connectivity index (χ3v) is 13.6. The Labute approximate surface area is 306 Å². The first kappa shape index (κ1) is 32.7. The first-order valence-electron chi connectivity index (χ1n) is 17.4. The summed E-state index contributed by atoms with van der Waals surface area (Å²) in [7, 11) is 0. The first-order chi connectivity index (χ1) is 25.3. The summed E-state index contributed by atoms with van der Waals surface area (Å²) in [5.74, 6) is -1.86. The van der Waals surface area contributed by atoms with Crippen LogP contribution in [0.1, 0.15) is 40.1 Å². The Bertz CT molecular complexity index is 2330. The molecule has 3 amide bonds. The van der Waals surface area contributed by atoms with E-state index in [0.29, 0.717) is 22.7 Å². The number of benzene rings is 4. The van der Waals surface area contributed by atoms with Crippen LogP contribution in [0.25, 0.3) is 10.8 Å². The number of aromatic amines is 1. The molecule has 3 heterocycles. The van der Waals surface area contributed by atoms with Crippen molar-refractivity contribution in [3.05, 3.63) is 117 Å². The molecule has 4 aliphatic rings. The maximum absolute atomic E-state index is 14.2. The zero-order valence-corrected chi connectivity index (χ0v) is 29.6. The molecule has 4 unspecified atom stereocenters.